The summed E-state index contributed by atoms with van der Waals surface area (Å²) >= 11 is 1.57. The summed E-state index contributed by atoms with van der Waals surface area (Å²) in [5, 5.41) is 1.97. The molecule has 0 spiro atoms. The Hall–Kier alpha value is -2.60. The lowest BCUT2D eigenvalue weighted by atomic mass is 9.74. The molecule has 27 heavy (non-hydrogen) atoms. The van der Waals surface area contributed by atoms with Crippen LogP contribution in [0.4, 0.5) is 0 Å². The van der Waals surface area contributed by atoms with E-state index in [-0.39, 0.29) is 12.4 Å². The predicted molar refractivity (Wildman–Crippen MR) is 104 cm³/mol. The molecule has 142 valence electrons. The Balaban J connectivity index is 2.13. The molecule has 6 heteroatoms. The van der Waals surface area contributed by atoms with Crippen molar-refractivity contribution in [2.24, 2.45) is 5.92 Å². The van der Waals surface area contributed by atoms with Crippen LogP contribution in [0, 0.1) is 5.92 Å². The van der Waals surface area contributed by atoms with Crippen molar-refractivity contribution in [2.45, 2.75) is 19.3 Å². The molecular formula is C21H22O5S. The summed E-state index contributed by atoms with van der Waals surface area (Å²) in [6.07, 6.45) is 2.10. The monoisotopic (exact) mass is 386 g/mol. The molecule has 2 aromatic rings. The number of benzene rings is 1. The molecule has 3 rings (SSSR count). The average Bonchev–Trinajstić information content (AvgIpc) is 3.21. The maximum absolute atomic E-state index is 12.9. The lowest BCUT2D eigenvalue weighted by Gasteiger charge is -2.31. The first kappa shape index (κ1) is 19.2. The zero-order valence-electron chi connectivity index (χ0n) is 15.6. The molecule has 0 N–H and O–H groups in total. The van der Waals surface area contributed by atoms with Crippen molar-refractivity contribution < 1.29 is 23.8 Å². The number of hydrogen-bond donors (Lipinski definition) is 0. The van der Waals surface area contributed by atoms with Crippen molar-refractivity contribution >= 4 is 28.7 Å². The number of thiophene rings is 1. The van der Waals surface area contributed by atoms with Crippen molar-refractivity contribution in [1.29, 1.82) is 0 Å². The number of ether oxygens (including phenoxy) is 3. The van der Waals surface area contributed by atoms with Gasteiger partial charge in [0.05, 0.1) is 20.8 Å². The molecule has 0 saturated heterocycles. The van der Waals surface area contributed by atoms with E-state index in [4.69, 9.17) is 14.2 Å². The van der Waals surface area contributed by atoms with Crippen LogP contribution in [0.2, 0.25) is 0 Å². The molecular weight excluding hydrogens is 364 g/mol. The summed E-state index contributed by atoms with van der Waals surface area (Å²) in [6, 6.07) is 9.37. The van der Waals surface area contributed by atoms with Crippen LogP contribution in [0.1, 0.15) is 29.7 Å². The Labute approximate surface area is 162 Å². The molecule has 0 saturated carbocycles. The molecule has 0 aliphatic heterocycles. The number of methoxy groups -OCH3 is 2. The van der Waals surface area contributed by atoms with Gasteiger partial charge in [0.25, 0.3) is 0 Å². The van der Waals surface area contributed by atoms with Crippen LogP contribution in [0.25, 0.3) is 5.57 Å². The van der Waals surface area contributed by atoms with Gasteiger partial charge in [-0.15, -0.1) is 11.3 Å². The van der Waals surface area contributed by atoms with Crippen molar-refractivity contribution in [3.63, 3.8) is 0 Å². The molecule has 2 unspecified atom stereocenters. The SMILES string of the molecule is CCOC(=O)C1C(=O)C=C(c2cccs2)CC1c1c(OC)cccc1OC. The van der Waals surface area contributed by atoms with E-state index >= 15 is 0 Å². The van der Waals surface area contributed by atoms with Gasteiger partial charge in [0, 0.05) is 16.4 Å². The van der Waals surface area contributed by atoms with Gasteiger partial charge >= 0.3 is 5.97 Å². The van der Waals surface area contributed by atoms with Crippen LogP contribution in [0.15, 0.2) is 41.8 Å². The highest BCUT2D eigenvalue weighted by atomic mass is 32.1. The largest absolute Gasteiger partial charge is 0.496 e. The van der Waals surface area contributed by atoms with Gasteiger partial charge in [-0.1, -0.05) is 12.1 Å². The first-order chi connectivity index (χ1) is 13.1. The minimum Gasteiger partial charge on any atom is -0.496 e. The molecule has 0 bridgehead atoms. The molecule has 2 atom stereocenters. The summed E-state index contributed by atoms with van der Waals surface area (Å²) in [5.74, 6) is -0.922. The smallest absolute Gasteiger partial charge is 0.317 e. The Morgan fingerprint density at radius 2 is 1.85 bits per heavy atom. The van der Waals surface area contributed by atoms with E-state index in [1.54, 1.807) is 38.6 Å². The van der Waals surface area contributed by atoms with E-state index in [0.29, 0.717) is 17.9 Å². The van der Waals surface area contributed by atoms with E-state index in [9.17, 15) is 9.59 Å². The number of carbonyl (C=O) groups is 2. The Kier molecular flexibility index (Phi) is 5.96. The van der Waals surface area contributed by atoms with Gasteiger partial charge in [-0.2, -0.15) is 0 Å². The van der Waals surface area contributed by atoms with Crippen LogP contribution in [-0.4, -0.2) is 32.6 Å². The Bertz CT molecular complexity index is 831. The minimum absolute atomic E-state index is 0.222. The molecule has 1 heterocycles. The number of esters is 1. The second kappa shape index (κ2) is 8.39. The zero-order chi connectivity index (χ0) is 19.4. The standard InChI is InChI=1S/C21H22O5S/c1-4-26-21(23)19-14(20-16(24-2)7-5-8-17(20)25-3)11-13(12-15(19)22)18-9-6-10-27-18/h5-10,12,14,19H,4,11H2,1-3H3. The third-order valence-corrected chi connectivity index (χ3v) is 5.63. The lowest BCUT2D eigenvalue weighted by Crippen LogP contribution is -2.34. The van der Waals surface area contributed by atoms with Gasteiger partial charge in [0.15, 0.2) is 5.78 Å². The van der Waals surface area contributed by atoms with Crippen LogP contribution in [-0.2, 0) is 14.3 Å². The van der Waals surface area contributed by atoms with Gasteiger partial charge in [0.1, 0.15) is 17.4 Å². The van der Waals surface area contributed by atoms with Gasteiger partial charge in [-0.25, -0.2) is 0 Å². The molecule has 0 radical (unpaired) electrons. The number of ketones is 1. The van der Waals surface area contributed by atoms with E-state index < -0.39 is 17.8 Å². The predicted octanol–water partition coefficient (Wildman–Crippen LogP) is 4.08. The highest BCUT2D eigenvalue weighted by Crippen LogP contribution is 2.47. The third-order valence-electron chi connectivity index (χ3n) is 4.68. The van der Waals surface area contributed by atoms with Crippen molar-refractivity contribution in [3.05, 3.63) is 52.2 Å². The summed E-state index contributed by atoms with van der Waals surface area (Å²) < 4.78 is 16.3. The third kappa shape index (κ3) is 3.76. The first-order valence-corrected chi connectivity index (χ1v) is 9.64. The highest BCUT2D eigenvalue weighted by molar-refractivity contribution is 7.11. The van der Waals surface area contributed by atoms with E-state index in [2.05, 4.69) is 0 Å². The van der Waals surface area contributed by atoms with Crippen LogP contribution in [0.3, 0.4) is 0 Å². The zero-order valence-corrected chi connectivity index (χ0v) is 16.4. The summed E-state index contributed by atoms with van der Waals surface area (Å²) in [6.45, 7) is 1.96. The normalized spacial score (nSPS) is 19.4. The fourth-order valence-electron chi connectivity index (χ4n) is 3.53. The van der Waals surface area contributed by atoms with E-state index in [1.165, 1.54) is 0 Å². The van der Waals surface area contributed by atoms with E-state index in [0.717, 1.165) is 16.0 Å². The second-order valence-electron chi connectivity index (χ2n) is 6.17. The van der Waals surface area contributed by atoms with Crippen LogP contribution >= 0.6 is 11.3 Å². The first-order valence-electron chi connectivity index (χ1n) is 8.76. The van der Waals surface area contributed by atoms with Gasteiger partial charge in [-0.05, 0) is 48.6 Å². The second-order valence-corrected chi connectivity index (χ2v) is 7.11. The van der Waals surface area contributed by atoms with Gasteiger partial charge in [0.2, 0.25) is 0 Å². The number of hydrogen-bond acceptors (Lipinski definition) is 6. The van der Waals surface area contributed by atoms with Crippen LogP contribution < -0.4 is 9.47 Å². The summed E-state index contributed by atoms with van der Waals surface area (Å²) in [4.78, 5) is 26.6. The lowest BCUT2D eigenvalue weighted by molar-refractivity contribution is -0.151. The molecule has 0 fully saturated rings. The Morgan fingerprint density at radius 1 is 1.15 bits per heavy atom. The maximum atomic E-state index is 12.9. The molecule has 5 nitrogen and oxygen atoms in total. The molecule has 1 aliphatic rings. The van der Waals surface area contributed by atoms with E-state index in [1.807, 2.05) is 35.7 Å². The van der Waals surface area contributed by atoms with Crippen molar-refractivity contribution in [2.75, 3.05) is 20.8 Å². The van der Waals surface area contributed by atoms with Crippen molar-refractivity contribution in [1.82, 2.24) is 0 Å². The Morgan fingerprint density at radius 3 is 2.41 bits per heavy atom. The fourth-order valence-corrected chi connectivity index (χ4v) is 4.29. The number of allylic oxidation sites excluding steroid dienone is 2. The molecule has 1 aromatic carbocycles. The van der Waals surface area contributed by atoms with Crippen molar-refractivity contribution in [3.8, 4) is 11.5 Å². The number of rotatable bonds is 6. The molecule has 0 amide bonds. The quantitative estimate of drug-likeness (QED) is 0.553. The molecule has 1 aliphatic carbocycles. The fraction of sp³-hybridized carbons (Fsp3) is 0.333. The maximum Gasteiger partial charge on any atom is 0.317 e. The number of carbonyl (C=O) groups excluding carboxylic acids is 2. The molecule has 1 aromatic heterocycles. The van der Waals surface area contributed by atoms with Gasteiger partial charge < -0.3 is 14.2 Å². The topological polar surface area (TPSA) is 61.8 Å². The summed E-state index contributed by atoms with van der Waals surface area (Å²) in [7, 11) is 3.14. The summed E-state index contributed by atoms with van der Waals surface area (Å²) in [5.41, 5.74) is 1.63. The highest BCUT2D eigenvalue weighted by Gasteiger charge is 2.42. The minimum atomic E-state index is -0.918. The average molecular weight is 386 g/mol. The van der Waals surface area contributed by atoms with Crippen LogP contribution in [0.5, 0.6) is 11.5 Å². The van der Waals surface area contributed by atoms with Gasteiger partial charge in [-0.3, -0.25) is 9.59 Å².